The monoisotopic (exact) mass is 973 g/mol. The Morgan fingerprint density at radius 3 is 1.56 bits per heavy atom. The third-order valence-corrected chi connectivity index (χ3v) is 16.4. The summed E-state index contributed by atoms with van der Waals surface area (Å²) in [6.07, 6.45) is 0. The molecule has 3 aromatic heterocycles. The first kappa shape index (κ1) is 43.1. The molecule has 1 aliphatic carbocycles. The van der Waals surface area contributed by atoms with E-state index in [2.05, 4.69) is 243 Å². The number of rotatable bonds is 8. The number of aromatic nitrogens is 3. The molecule has 1 aliphatic rings. The van der Waals surface area contributed by atoms with Gasteiger partial charge in [0.15, 0.2) is 17.5 Å². The lowest BCUT2D eigenvalue weighted by Crippen LogP contribution is -2.28. The second kappa shape index (κ2) is 17.3. The fraction of sp³-hybridized carbons (Fsp3) is 0.0143. The fourth-order valence-electron chi connectivity index (χ4n) is 12.0. The summed E-state index contributed by atoms with van der Waals surface area (Å²) in [6.45, 7) is 0. The summed E-state index contributed by atoms with van der Waals surface area (Å²) >= 11 is 1.79. The maximum absolute atomic E-state index is 6.67. The molecule has 0 bridgehead atoms. The Bertz CT molecular complexity index is 4480. The van der Waals surface area contributed by atoms with Crippen LogP contribution in [-0.2, 0) is 5.41 Å². The van der Waals surface area contributed by atoms with E-state index >= 15 is 0 Å². The van der Waals surface area contributed by atoms with Crippen molar-refractivity contribution < 1.29 is 4.42 Å². The fourth-order valence-corrected chi connectivity index (χ4v) is 13.1. The Labute approximate surface area is 437 Å². The molecule has 350 valence electrons. The Morgan fingerprint density at radius 1 is 0.307 bits per heavy atom. The number of hydrogen-bond donors (Lipinski definition) is 0. The van der Waals surface area contributed by atoms with E-state index in [-0.39, 0.29) is 0 Å². The van der Waals surface area contributed by atoms with E-state index in [9.17, 15) is 0 Å². The maximum atomic E-state index is 6.67. The lowest BCUT2D eigenvalue weighted by atomic mass is 9.67. The summed E-state index contributed by atoms with van der Waals surface area (Å²) in [7, 11) is 0. The molecular formula is C70H43N3OS. The van der Waals surface area contributed by atoms with Gasteiger partial charge in [0.2, 0.25) is 0 Å². The van der Waals surface area contributed by atoms with Gasteiger partial charge in [-0.3, -0.25) is 0 Å². The highest BCUT2D eigenvalue weighted by Gasteiger charge is 2.46. The van der Waals surface area contributed by atoms with Gasteiger partial charge >= 0.3 is 0 Å². The van der Waals surface area contributed by atoms with E-state index < -0.39 is 5.41 Å². The average Bonchev–Trinajstić information content (AvgIpc) is 4.18. The highest BCUT2D eigenvalue weighted by atomic mass is 32.1. The standard InChI is InChI=1S/C70H43N3OS/c1-4-19-45(20-5-1)50-25-10-11-26-52(50)67-71-68(73-69(72-67)56-31-18-36-63-66(56)54-28-13-15-35-62(54)75-63)55-30-17-34-61-65(55)57-43-47(41-42-60(57)74-61)44-37-39-46(40-38-44)51-29-16-33-59-64(51)53-27-12-14-32-58(53)70(59,48-21-6-2-7-22-48)49-23-8-3-9-24-49/h1-43H. The molecule has 0 spiro atoms. The van der Waals surface area contributed by atoms with E-state index in [0.717, 1.165) is 66.3 Å². The first-order valence-corrected chi connectivity index (χ1v) is 26.2. The summed E-state index contributed by atoms with van der Waals surface area (Å²) in [5, 5.41) is 4.30. The van der Waals surface area contributed by atoms with Crippen LogP contribution in [-0.4, -0.2) is 15.0 Å². The molecule has 0 N–H and O–H groups in total. The average molecular weight is 974 g/mol. The van der Waals surface area contributed by atoms with Gasteiger partial charge in [-0.05, 0) is 97.1 Å². The topological polar surface area (TPSA) is 51.8 Å². The van der Waals surface area contributed by atoms with Gasteiger partial charge in [-0.25, -0.2) is 15.0 Å². The molecule has 0 atom stereocenters. The van der Waals surface area contributed by atoms with E-state index in [4.69, 9.17) is 19.4 Å². The first-order valence-electron chi connectivity index (χ1n) is 25.4. The lowest BCUT2D eigenvalue weighted by molar-refractivity contribution is 0.669. The molecule has 4 nitrogen and oxygen atoms in total. The molecule has 0 fully saturated rings. The van der Waals surface area contributed by atoms with Gasteiger partial charge in [0, 0.05) is 47.6 Å². The number of hydrogen-bond acceptors (Lipinski definition) is 5. The van der Waals surface area contributed by atoms with Crippen LogP contribution in [0.1, 0.15) is 22.3 Å². The Morgan fingerprint density at radius 2 is 0.813 bits per heavy atom. The minimum Gasteiger partial charge on any atom is -0.456 e. The third kappa shape index (κ3) is 6.79. The van der Waals surface area contributed by atoms with E-state index in [0.29, 0.717) is 17.5 Å². The van der Waals surface area contributed by atoms with Crippen LogP contribution >= 0.6 is 11.3 Å². The maximum Gasteiger partial charge on any atom is 0.164 e. The van der Waals surface area contributed by atoms with E-state index in [1.165, 1.54) is 59.3 Å². The molecule has 0 aliphatic heterocycles. The van der Waals surface area contributed by atoms with Crippen molar-refractivity contribution in [2.24, 2.45) is 0 Å². The molecule has 11 aromatic carbocycles. The van der Waals surface area contributed by atoms with Crippen molar-refractivity contribution in [2.45, 2.75) is 5.41 Å². The van der Waals surface area contributed by atoms with E-state index in [1.54, 1.807) is 11.3 Å². The molecule has 14 aromatic rings. The van der Waals surface area contributed by atoms with Gasteiger partial charge in [0.25, 0.3) is 0 Å². The van der Waals surface area contributed by atoms with Crippen molar-refractivity contribution in [3.8, 4) is 78.7 Å². The zero-order valence-electron chi connectivity index (χ0n) is 40.5. The molecule has 0 unspecified atom stereocenters. The van der Waals surface area contributed by atoms with Gasteiger partial charge in [-0.15, -0.1) is 11.3 Å². The van der Waals surface area contributed by atoms with Gasteiger partial charge in [0.1, 0.15) is 11.2 Å². The van der Waals surface area contributed by atoms with Crippen LogP contribution in [0.2, 0.25) is 0 Å². The SMILES string of the molecule is c1ccc(-c2ccccc2-c2nc(-c3cccc4oc5ccc(-c6ccc(-c7cccc8c7-c7ccccc7C8(c7ccccc7)c7ccccc7)cc6)cc5c34)nc(-c3cccc4sc5ccccc5c34)n2)cc1. The highest BCUT2D eigenvalue weighted by Crippen LogP contribution is 2.58. The van der Waals surface area contributed by atoms with Crippen molar-refractivity contribution >= 4 is 53.4 Å². The minimum atomic E-state index is -0.462. The predicted molar refractivity (Wildman–Crippen MR) is 310 cm³/mol. The molecule has 3 heterocycles. The molecule has 15 rings (SSSR count). The van der Waals surface area contributed by atoms with Crippen molar-refractivity contribution in [1.82, 2.24) is 15.0 Å². The van der Waals surface area contributed by atoms with Crippen LogP contribution in [0.5, 0.6) is 0 Å². The van der Waals surface area contributed by atoms with Gasteiger partial charge < -0.3 is 4.42 Å². The molecule has 0 radical (unpaired) electrons. The van der Waals surface area contributed by atoms with Crippen molar-refractivity contribution in [3.63, 3.8) is 0 Å². The largest absolute Gasteiger partial charge is 0.456 e. The van der Waals surface area contributed by atoms with Crippen LogP contribution in [0.15, 0.2) is 265 Å². The van der Waals surface area contributed by atoms with Crippen LogP contribution in [0, 0.1) is 0 Å². The van der Waals surface area contributed by atoms with Crippen molar-refractivity contribution in [3.05, 3.63) is 283 Å². The number of fused-ring (bicyclic) bond motifs is 9. The zero-order chi connectivity index (χ0) is 49.5. The number of benzene rings is 11. The molecule has 0 saturated heterocycles. The quantitative estimate of drug-likeness (QED) is 0.152. The van der Waals surface area contributed by atoms with Crippen molar-refractivity contribution in [1.29, 1.82) is 0 Å². The van der Waals surface area contributed by atoms with Crippen LogP contribution in [0.4, 0.5) is 0 Å². The number of thiophene rings is 1. The minimum absolute atomic E-state index is 0.462. The molecule has 0 saturated carbocycles. The van der Waals surface area contributed by atoms with E-state index in [1.807, 2.05) is 18.2 Å². The predicted octanol–water partition coefficient (Wildman–Crippen LogP) is 18.5. The number of nitrogens with zero attached hydrogens (tertiary/aromatic N) is 3. The Kier molecular flexibility index (Phi) is 9.94. The summed E-state index contributed by atoms with van der Waals surface area (Å²) in [4.78, 5) is 16.2. The van der Waals surface area contributed by atoms with Crippen LogP contribution < -0.4 is 0 Å². The summed E-state index contributed by atoms with van der Waals surface area (Å²) in [6, 6.07) is 93.5. The second-order valence-corrected chi connectivity index (χ2v) is 20.4. The molecule has 5 heteroatoms. The second-order valence-electron chi connectivity index (χ2n) is 19.3. The summed E-state index contributed by atoms with van der Waals surface area (Å²) < 4.78 is 9.09. The number of furan rings is 1. The third-order valence-electron chi connectivity index (χ3n) is 15.3. The zero-order valence-corrected chi connectivity index (χ0v) is 41.3. The van der Waals surface area contributed by atoms with Crippen LogP contribution in [0.3, 0.4) is 0 Å². The first-order chi connectivity index (χ1) is 37.2. The van der Waals surface area contributed by atoms with Crippen molar-refractivity contribution in [2.75, 3.05) is 0 Å². The summed E-state index contributed by atoms with van der Waals surface area (Å²) in [5.41, 5.74) is 18.3. The molecular weight excluding hydrogens is 931 g/mol. The summed E-state index contributed by atoms with van der Waals surface area (Å²) in [5.74, 6) is 1.81. The smallest absolute Gasteiger partial charge is 0.164 e. The Hall–Kier alpha value is -9.55. The van der Waals surface area contributed by atoms with Gasteiger partial charge in [-0.2, -0.15) is 0 Å². The molecule has 0 amide bonds. The van der Waals surface area contributed by atoms with Gasteiger partial charge in [0.05, 0.1) is 5.41 Å². The lowest BCUT2D eigenvalue weighted by Gasteiger charge is -2.34. The van der Waals surface area contributed by atoms with Gasteiger partial charge in [-0.1, -0.05) is 231 Å². The highest BCUT2D eigenvalue weighted by molar-refractivity contribution is 7.25. The molecule has 75 heavy (non-hydrogen) atoms. The van der Waals surface area contributed by atoms with Crippen LogP contribution in [0.25, 0.3) is 121 Å². The Balaban J connectivity index is 0.872. The normalized spacial score (nSPS) is 12.6.